The largest absolute Gasteiger partial charge is 0.356 e. The zero-order valence-electron chi connectivity index (χ0n) is 18.7. The predicted molar refractivity (Wildman–Crippen MR) is 124 cm³/mol. The van der Waals surface area contributed by atoms with Gasteiger partial charge in [0.25, 0.3) is 0 Å². The van der Waals surface area contributed by atoms with Crippen molar-refractivity contribution in [3.63, 3.8) is 0 Å². The highest BCUT2D eigenvalue weighted by atomic mass is 32.1. The molecule has 0 radical (unpaired) electrons. The van der Waals surface area contributed by atoms with Gasteiger partial charge in [-0.1, -0.05) is 58.0 Å². The molecule has 0 bridgehead atoms. The van der Waals surface area contributed by atoms with E-state index in [1.54, 1.807) is 11.3 Å². The molecule has 2 aromatic rings. The van der Waals surface area contributed by atoms with Gasteiger partial charge in [-0.2, -0.15) is 0 Å². The smallest absolute Gasteiger partial charge is 0.227 e. The standard InChI is InChI=1S/C25H34N2O2S/c1-5-14-26-22(28)25(12-15-27(16-13-25)23(29)24(2,3)4)18-19-9-6-7-10-20(19)21-11-8-17-30-21/h6-11,17H,5,12-16,18H2,1-4H3,(H,26,28). The third-order valence-corrected chi connectivity index (χ3v) is 6.90. The first-order chi connectivity index (χ1) is 14.3. The maximum Gasteiger partial charge on any atom is 0.227 e. The van der Waals surface area contributed by atoms with Crippen molar-refractivity contribution in [3.05, 3.63) is 47.3 Å². The summed E-state index contributed by atoms with van der Waals surface area (Å²) < 4.78 is 0. The molecule has 2 amide bonds. The topological polar surface area (TPSA) is 49.4 Å². The lowest BCUT2D eigenvalue weighted by Crippen LogP contribution is -2.53. The summed E-state index contributed by atoms with van der Waals surface area (Å²) in [5.74, 6) is 0.303. The highest BCUT2D eigenvalue weighted by molar-refractivity contribution is 7.13. The fourth-order valence-electron chi connectivity index (χ4n) is 4.23. The molecule has 1 N–H and O–H groups in total. The molecule has 0 aliphatic carbocycles. The van der Waals surface area contributed by atoms with Crippen molar-refractivity contribution in [2.24, 2.45) is 10.8 Å². The first kappa shape index (κ1) is 22.5. The van der Waals surface area contributed by atoms with Crippen LogP contribution in [0.2, 0.25) is 0 Å². The van der Waals surface area contributed by atoms with Crippen LogP contribution in [0, 0.1) is 10.8 Å². The normalized spacial score (nSPS) is 16.3. The molecule has 0 unspecified atom stereocenters. The van der Waals surface area contributed by atoms with Crippen molar-refractivity contribution in [3.8, 4) is 10.4 Å². The Labute approximate surface area is 184 Å². The molecule has 4 nitrogen and oxygen atoms in total. The van der Waals surface area contributed by atoms with Crippen LogP contribution in [-0.2, 0) is 16.0 Å². The van der Waals surface area contributed by atoms with E-state index in [1.807, 2.05) is 25.7 Å². The molecular weight excluding hydrogens is 392 g/mol. The van der Waals surface area contributed by atoms with Crippen LogP contribution in [0.5, 0.6) is 0 Å². The van der Waals surface area contributed by atoms with E-state index < -0.39 is 10.8 Å². The molecule has 1 aromatic carbocycles. The van der Waals surface area contributed by atoms with Crippen LogP contribution in [0.1, 0.15) is 52.5 Å². The molecule has 162 valence electrons. The van der Waals surface area contributed by atoms with Crippen molar-refractivity contribution in [2.45, 2.75) is 53.4 Å². The van der Waals surface area contributed by atoms with E-state index in [4.69, 9.17) is 0 Å². The number of amides is 2. The van der Waals surface area contributed by atoms with E-state index in [9.17, 15) is 9.59 Å². The van der Waals surface area contributed by atoms with Gasteiger partial charge in [0.1, 0.15) is 0 Å². The van der Waals surface area contributed by atoms with E-state index in [-0.39, 0.29) is 11.8 Å². The van der Waals surface area contributed by atoms with Crippen LogP contribution in [0.3, 0.4) is 0 Å². The first-order valence-corrected chi connectivity index (χ1v) is 11.8. The summed E-state index contributed by atoms with van der Waals surface area (Å²) in [5.41, 5.74) is 1.55. The Morgan fingerprint density at radius 2 is 1.80 bits per heavy atom. The Balaban J connectivity index is 1.87. The van der Waals surface area contributed by atoms with Gasteiger partial charge in [-0.05, 0) is 48.3 Å². The maximum atomic E-state index is 13.3. The summed E-state index contributed by atoms with van der Waals surface area (Å²) in [6, 6.07) is 12.6. The van der Waals surface area contributed by atoms with Gasteiger partial charge in [0.05, 0.1) is 5.41 Å². The van der Waals surface area contributed by atoms with Crippen molar-refractivity contribution >= 4 is 23.2 Å². The zero-order valence-corrected chi connectivity index (χ0v) is 19.5. The zero-order chi connectivity index (χ0) is 21.8. The van der Waals surface area contributed by atoms with Crippen molar-refractivity contribution in [1.29, 1.82) is 0 Å². The van der Waals surface area contributed by atoms with Crippen LogP contribution in [-0.4, -0.2) is 36.3 Å². The highest BCUT2D eigenvalue weighted by Crippen LogP contribution is 2.39. The molecule has 5 heteroatoms. The Bertz CT molecular complexity index is 860. The van der Waals surface area contributed by atoms with Gasteiger partial charge >= 0.3 is 0 Å². The van der Waals surface area contributed by atoms with Crippen molar-refractivity contribution < 1.29 is 9.59 Å². The van der Waals surface area contributed by atoms with E-state index in [0.717, 1.165) is 6.42 Å². The molecule has 1 aromatic heterocycles. The molecule has 1 saturated heterocycles. The molecule has 0 atom stereocenters. The summed E-state index contributed by atoms with van der Waals surface area (Å²) in [6.45, 7) is 9.92. The van der Waals surface area contributed by atoms with Gasteiger partial charge in [0.15, 0.2) is 0 Å². The second-order valence-corrected chi connectivity index (χ2v) is 10.3. The number of carbonyl (C=O) groups is 2. The minimum absolute atomic E-state index is 0.133. The summed E-state index contributed by atoms with van der Waals surface area (Å²) in [5, 5.41) is 5.24. The molecule has 0 saturated carbocycles. The van der Waals surface area contributed by atoms with Crippen molar-refractivity contribution in [1.82, 2.24) is 10.2 Å². The molecule has 3 rings (SSSR count). The van der Waals surface area contributed by atoms with Crippen molar-refractivity contribution in [2.75, 3.05) is 19.6 Å². The monoisotopic (exact) mass is 426 g/mol. The fourth-order valence-corrected chi connectivity index (χ4v) is 5.02. The predicted octanol–water partition coefficient (Wildman–Crippen LogP) is 5.14. The highest BCUT2D eigenvalue weighted by Gasteiger charge is 2.43. The first-order valence-electron chi connectivity index (χ1n) is 11.0. The van der Waals surface area contributed by atoms with Gasteiger partial charge in [-0.3, -0.25) is 9.59 Å². The number of hydrogen-bond donors (Lipinski definition) is 1. The Kier molecular flexibility index (Phi) is 7.02. The second-order valence-electron chi connectivity index (χ2n) is 9.39. The average molecular weight is 427 g/mol. The molecule has 1 fully saturated rings. The van der Waals surface area contributed by atoms with Crippen LogP contribution in [0.4, 0.5) is 0 Å². The van der Waals surface area contributed by atoms with Gasteiger partial charge in [0.2, 0.25) is 11.8 Å². The average Bonchev–Trinajstić information content (AvgIpc) is 3.26. The number of nitrogens with zero attached hydrogens (tertiary/aromatic N) is 1. The van der Waals surface area contributed by atoms with E-state index in [0.29, 0.717) is 38.9 Å². The minimum Gasteiger partial charge on any atom is -0.356 e. The number of likely N-dealkylation sites (tertiary alicyclic amines) is 1. The fraction of sp³-hybridized carbons (Fsp3) is 0.520. The number of thiophene rings is 1. The van der Waals surface area contributed by atoms with Gasteiger partial charge in [-0.25, -0.2) is 0 Å². The maximum absolute atomic E-state index is 13.3. The number of carbonyl (C=O) groups excluding carboxylic acids is 2. The SMILES string of the molecule is CCCNC(=O)C1(Cc2ccccc2-c2cccs2)CCN(C(=O)C(C)(C)C)CC1. The quantitative estimate of drug-likeness (QED) is 0.695. The van der Waals surface area contributed by atoms with Crippen LogP contribution < -0.4 is 5.32 Å². The Morgan fingerprint density at radius 3 is 2.40 bits per heavy atom. The molecule has 1 aliphatic rings. The number of rotatable bonds is 6. The number of benzene rings is 1. The third kappa shape index (κ3) is 4.94. The van der Waals surface area contributed by atoms with Gasteiger partial charge < -0.3 is 10.2 Å². The molecule has 2 heterocycles. The molecular formula is C25H34N2O2S. The lowest BCUT2D eigenvalue weighted by atomic mass is 9.72. The van der Waals surface area contributed by atoms with Gasteiger partial charge in [0, 0.05) is 29.9 Å². The third-order valence-electron chi connectivity index (χ3n) is 6.00. The van der Waals surface area contributed by atoms with E-state index >= 15 is 0 Å². The van der Waals surface area contributed by atoms with E-state index in [2.05, 4.69) is 54.0 Å². The Hall–Kier alpha value is -2.14. The van der Waals surface area contributed by atoms with E-state index in [1.165, 1.54) is 16.0 Å². The summed E-state index contributed by atoms with van der Waals surface area (Å²) in [4.78, 5) is 29.3. The van der Waals surface area contributed by atoms with Crippen LogP contribution in [0.15, 0.2) is 41.8 Å². The Morgan fingerprint density at radius 1 is 1.10 bits per heavy atom. The summed E-state index contributed by atoms with van der Waals surface area (Å²) in [6.07, 6.45) is 3.02. The number of hydrogen-bond acceptors (Lipinski definition) is 3. The number of nitrogens with one attached hydrogen (secondary N) is 1. The second kappa shape index (κ2) is 9.34. The molecule has 1 aliphatic heterocycles. The molecule has 30 heavy (non-hydrogen) atoms. The lowest BCUT2D eigenvalue weighted by Gasteiger charge is -2.42. The van der Waals surface area contributed by atoms with Crippen LogP contribution in [0.25, 0.3) is 10.4 Å². The summed E-state index contributed by atoms with van der Waals surface area (Å²) >= 11 is 1.73. The van der Waals surface area contributed by atoms with Crippen LogP contribution >= 0.6 is 11.3 Å². The van der Waals surface area contributed by atoms with Gasteiger partial charge in [-0.15, -0.1) is 11.3 Å². The number of piperidine rings is 1. The summed E-state index contributed by atoms with van der Waals surface area (Å²) in [7, 11) is 0. The minimum atomic E-state index is -0.475. The molecule has 0 spiro atoms. The lowest BCUT2D eigenvalue weighted by molar-refractivity contribution is -0.145.